The molecular weight excluding hydrogens is 374 g/mol. The highest BCUT2D eigenvalue weighted by molar-refractivity contribution is 9.10. The van der Waals surface area contributed by atoms with Crippen molar-refractivity contribution in [3.05, 3.63) is 50.4 Å². The van der Waals surface area contributed by atoms with Crippen LogP contribution in [0.1, 0.15) is 22.7 Å². The molecule has 2 aliphatic rings. The molecule has 0 saturated carbocycles. The summed E-state index contributed by atoms with van der Waals surface area (Å²) in [6, 6.07) is 8.16. The molecule has 5 nitrogen and oxygen atoms in total. The second-order valence-corrected chi connectivity index (χ2v) is 7.63. The summed E-state index contributed by atoms with van der Waals surface area (Å²) in [6.45, 7) is 3.66. The number of thiazole rings is 1. The molecule has 2 aliphatic heterocycles. The molecule has 118 valence electrons. The van der Waals surface area contributed by atoms with E-state index in [2.05, 4.69) is 33.4 Å². The molecule has 0 radical (unpaired) electrons. The molecule has 0 saturated heterocycles. The average molecular weight is 390 g/mol. The number of guanidine groups is 1. The summed E-state index contributed by atoms with van der Waals surface area (Å²) in [6.07, 6.45) is 0.990. The summed E-state index contributed by atoms with van der Waals surface area (Å²) < 4.78 is 1.00. The summed E-state index contributed by atoms with van der Waals surface area (Å²) in [5.41, 5.74) is 7.43. The second kappa shape index (κ2) is 5.42. The monoisotopic (exact) mass is 389 g/mol. The van der Waals surface area contributed by atoms with Gasteiger partial charge in [-0.2, -0.15) is 0 Å². The fourth-order valence-corrected chi connectivity index (χ4v) is 4.23. The largest absolute Gasteiger partial charge is 0.369 e. The first-order chi connectivity index (χ1) is 11.1. The van der Waals surface area contributed by atoms with Gasteiger partial charge in [0.1, 0.15) is 5.84 Å². The van der Waals surface area contributed by atoms with Gasteiger partial charge in [-0.3, -0.25) is 9.89 Å². The molecule has 0 spiro atoms. The molecule has 0 aliphatic carbocycles. The molecular formula is C16H16BrN5S. The molecule has 0 amide bonds. The summed E-state index contributed by atoms with van der Waals surface area (Å²) in [4.78, 5) is 16.4. The zero-order valence-electron chi connectivity index (χ0n) is 12.7. The zero-order chi connectivity index (χ0) is 16.0. The van der Waals surface area contributed by atoms with Crippen LogP contribution in [0.2, 0.25) is 0 Å². The number of fused-ring (bicyclic) bond motifs is 1. The number of amidine groups is 1. The van der Waals surface area contributed by atoms with E-state index in [1.54, 1.807) is 11.3 Å². The first-order valence-corrected chi connectivity index (χ1v) is 9.15. The Hall–Kier alpha value is -1.73. The number of aliphatic imine (C=N–C) groups is 2. The van der Waals surface area contributed by atoms with Crippen molar-refractivity contribution in [1.82, 2.24) is 9.88 Å². The number of aromatic nitrogens is 1. The van der Waals surface area contributed by atoms with Crippen molar-refractivity contribution in [3.63, 3.8) is 0 Å². The SMILES string of the molecule is Cc1nc([C@]2(c3cccc(Br)c3)N=C(N)N3CCCN=C32)cs1. The van der Waals surface area contributed by atoms with Gasteiger partial charge in [-0.25, -0.2) is 9.98 Å². The lowest BCUT2D eigenvalue weighted by atomic mass is 9.86. The molecule has 2 N–H and O–H groups in total. The fraction of sp³-hybridized carbons (Fsp3) is 0.312. The van der Waals surface area contributed by atoms with Crippen LogP contribution in [0, 0.1) is 6.92 Å². The number of rotatable bonds is 2. The number of nitrogens with zero attached hydrogens (tertiary/aromatic N) is 4. The van der Waals surface area contributed by atoms with Crippen LogP contribution in [0.5, 0.6) is 0 Å². The van der Waals surface area contributed by atoms with E-state index in [1.807, 2.05) is 24.0 Å². The maximum atomic E-state index is 6.24. The lowest BCUT2D eigenvalue weighted by Crippen LogP contribution is -2.46. The van der Waals surface area contributed by atoms with Crippen LogP contribution in [0.4, 0.5) is 0 Å². The minimum atomic E-state index is -0.737. The summed E-state index contributed by atoms with van der Waals surface area (Å²) >= 11 is 5.19. The molecule has 0 fully saturated rings. The van der Waals surface area contributed by atoms with Crippen LogP contribution in [-0.4, -0.2) is 34.8 Å². The van der Waals surface area contributed by atoms with E-state index < -0.39 is 5.54 Å². The van der Waals surface area contributed by atoms with Crippen LogP contribution in [-0.2, 0) is 5.54 Å². The minimum Gasteiger partial charge on any atom is -0.369 e. The predicted octanol–water partition coefficient (Wildman–Crippen LogP) is 2.89. The number of hydrogen-bond donors (Lipinski definition) is 1. The van der Waals surface area contributed by atoms with Gasteiger partial charge in [0.15, 0.2) is 11.5 Å². The van der Waals surface area contributed by atoms with Crippen LogP contribution in [0.25, 0.3) is 0 Å². The first-order valence-electron chi connectivity index (χ1n) is 7.48. The first kappa shape index (κ1) is 14.8. The standard InChI is InChI=1S/C16H16BrN5S/c1-10-20-13(9-23-10)16(11-4-2-5-12(17)8-11)14-19-6-3-7-22(14)15(18)21-16/h2,4-5,8-9H,3,6-7H2,1H3,(H2,18,21)/t16-/m0/s1. The summed E-state index contributed by atoms with van der Waals surface area (Å²) in [5.74, 6) is 1.42. The van der Waals surface area contributed by atoms with E-state index in [9.17, 15) is 0 Å². The lowest BCUT2D eigenvalue weighted by molar-refractivity contribution is 0.529. The summed E-state index contributed by atoms with van der Waals surface area (Å²) in [5, 5.41) is 3.08. The Morgan fingerprint density at radius 1 is 1.39 bits per heavy atom. The molecule has 0 unspecified atom stereocenters. The van der Waals surface area contributed by atoms with Crippen molar-refractivity contribution in [2.45, 2.75) is 18.9 Å². The Balaban J connectivity index is 2.01. The summed E-state index contributed by atoms with van der Waals surface area (Å²) in [7, 11) is 0. The molecule has 23 heavy (non-hydrogen) atoms. The number of nitrogens with two attached hydrogens (primary N) is 1. The lowest BCUT2D eigenvalue weighted by Gasteiger charge is -2.31. The molecule has 2 aromatic rings. The molecule has 1 aromatic carbocycles. The maximum absolute atomic E-state index is 6.24. The smallest absolute Gasteiger partial charge is 0.198 e. The second-order valence-electron chi connectivity index (χ2n) is 5.65. The van der Waals surface area contributed by atoms with Crippen LogP contribution in [0.15, 0.2) is 44.1 Å². The van der Waals surface area contributed by atoms with E-state index in [4.69, 9.17) is 20.7 Å². The van der Waals surface area contributed by atoms with E-state index in [0.29, 0.717) is 5.96 Å². The van der Waals surface area contributed by atoms with Gasteiger partial charge in [-0.05, 0) is 31.0 Å². The van der Waals surface area contributed by atoms with Crippen molar-refractivity contribution in [2.24, 2.45) is 15.7 Å². The third kappa shape index (κ3) is 2.21. The molecule has 3 heterocycles. The Morgan fingerprint density at radius 2 is 2.26 bits per heavy atom. The van der Waals surface area contributed by atoms with Crippen molar-refractivity contribution >= 4 is 39.1 Å². The van der Waals surface area contributed by atoms with E-state index in [-0.39, 0.29) is 0 Å². The van der Waals surface area contributed by atoms with Crippen molar-refractivity contribution in [1.29, 1.82) is 0 Å². The zero-order valence-corrected chi connectivity index (χ0v) is 15.1. The van der Waals surface area contributed by atoms with Gasteiger partial charge in [0.25, 0.3) is 0 Å². The normalized spacial score (nSPS) is 23.5. The van der Waals surface area contributed by atoms with Gasteiger partial charge in [0.05, 0.1) is 10.7 Å². The highest BCUT2D eigenvalue weighted by Gasteiger charge is 2.50. The van der Waals surface area contributed by atoms with Crippen molar-refractivity contribution in [2.75, 3.05) is 13.1 Å². The highest BCUT2D eigenvalue weighted by Crippen LogP contribution is 2.42. The van der Waals surface area contributed by atoms with Crippen molar-refractivity contribution in [3.8, 4) is 0 Å². The van der Waals surface area contributed by atoms with Gasteiger partial charge >= 0.3 is 0 Å². The predicted molar refractivity (Wildman–Crippen MR) is 97.0 cm³/mol. The fourth-order valence-electron chi connectivity index (χ4n) is 3.18. The Kier molecular flexibility index (Phi) is 3.50. The van der Waals surface area contributed by atoms with Crippen LogP contribution < -0.4 is 5.73 Å². The molecule has 1 atom stereocenters. The number of aryl methyl sites for hydroxylation is 1. The average Bonchev–Trinajstić information content (AvgIpc) is 3.11. The molecule has 4 rings (SSSR count). The topological polar surface area (TPSA) is 66.9 Å². The molecule has 7 heteroatoms. The third-order valence-corrected chi connectivity index (χ3v) is 5.44. The Labute approximate surface area is 147 Å². The van der Waals surface area contributed by atoms with Gasteiger partial charge in [-0.1, -0.05) is 28.1 Å². The molecule has 1 aromatic heterocycles. The molecule has 0 bridgehead atoms. The van der Waals surface area contributed by atoms with Gasteiger partial charge in [0.2, 0.25) is 0 Å². The number of halogens is 1. The highest BCUT2D eigenvalue weighted by atomic mass is 79.9. The Bertz CT molecular complexity index is 827. The van der Waals surface area contributed by atoms with E-state index in [1.165, 1.54) is 0 Å². The van der Waals surface area contributed by atoms with Gasteiger partial charge in [0, 0.05) is 22.9 Å². The van der Waals surface area contributed by atoms with Crippen LogP contribution >= 0.6 is 27.3 Å². The van der Waals surface area contributed by atoms with Gasteiger partial charge < -0.3 is 5.73 Å². The number of hydrogen-bond acceptors (Lipinski definition) is 6. The third-order valence-electron chi connectivity index (χ3n) is 4.17. The Morgan fingerprint density at radius 3 is 3.00 bits per heavy atom. The van der Waals surface area contributed by atoms with Crippen molar-refractivity contribution < 1.29 is 0 Å². The minimum absolute atomic E-state index is 0.522. The van der Waals surface area contributed by atoms with E-state index >= 15 is 0 Å². The quantitative estimate of drug-likeness (QED) is 0.858. The van der Waals surface area contributed by atoms with Gasteiger partial charge in [-0.15, -0.1) is 11.3 Å². The van der Waals surface area contributed by atoms with E-state index in [0.717, 1.165) is 46.1 Å². The number of benzene rings is 1. The van der Waals surface area contributed by atoms with Crippen LogP contribution in [0.3, 0.4) is 0 Å². The maximum Gasteiger partial charge on any atom is 0.198 e.